The van der Waals surface area contributed by atoms with E-state index in [2.05, 4.69) is 15.9 Å². The van der Waals surface area contributed by atoms with Crippen LogP contribution in [0, 0.1) is 0 Å². The summed E-state index contributed by atoms with van der Waals surface area (Å²) in [7, 11) is -4.09. The van der Waals surface area contributed by atoms with Crippen molar-refractivity contribution in [3.63, 3.8) is 0 Å². The van der Waals surface area contributed by atoms with E-state index in [1.807, 2.05) is 0 Å². The van der Waals surface area contributed by atoms with Gasteiger partial charge in [0.25, 0.3) is 10.0 Å². The molecule has 0 aliphatic rings. The van der Waals surface area contributed by atoms with E-state index in [1.165, 1.54) is 37.3 Å². The minimum Gasteiger partial charge on any atom is -0.279 e. The van der Waals surface area contributed by atoms with Crippen LogP contribution in [0.1, 0.15) is 6.92 Å². The van der Waals surface area contributed by atoms with E-state index in [4.69, 9.17) is 34.8 Å². The Morgan fingerprint density at radius 2 is 1.71 bits per heavy atom. The zero-order chi connectivity index (χ0) is 18.1. The number of carbonyl (C=O) groups is 1. The minimum absolute atomic E-state index is 0.00786. The smallest absolute Gasteiger partial charge is 0.265 e. The number of sulfonamides is 1. The lowest BCUT2D eigenvalue weighted by Crippen LogP contribution is -2.42. The topological polar surface area (TPSA) is 54.5 Å². The van der Waals surface area contributed by atoms with Gasteiger partial charge in [0.05, 0.1) is 15.6 Å². The van der Waals surface area contributed by atoms with E-state index in [-0.39, 0.29) is 20.6 Å². The molecular weight excluding hydrogens is 460 g/mol. The quantitative estimate of drug-likeness (QED) is 0.570. The molecule has 2 aromatic rings. The molecule has 0 amide bonds. The molecule has 2 aromatic carbocycles. The van der Waals surface area contributed by atoms with Gasteiger partial charge in [-0.15, -0.1) is 0 Å². The SMILES string of the molecule is CC(C(=O)Cl)N(c1cc(Cl)ccc1Cl)S(=O)(=O)c1ccc(Br)cc1. The monoisotopic (exact) mass is 469 g/mol. The Morgan fingerprint density at radius 1 is 1.12 bits per heavy atom. The number of hydrogen-bond donors (Lipinski definition) is 0. The summed E-state index contributed by atoms with van der Waals surface area (Å²) in [5.41, 5.74) is 0.0774. The van der Waals surface area contributed by atoms with Crippen LogP contribution in [0.4, 0.5) is 5.69 Å². The number of rotatable bonds is 5. The van der Waals surface area contributed by atoms with Crippen molar-refractivity contribution < 1.29 is 13.2 Å². The van der Waals surface area contributed by atoms with E-state index < -0.39 is 21.3 Å². The first kappa shape index (κ1) is 19.5. The first-order valence-electron chi connectivity index (χ1n) is 6.59. The Bertz CT molecular complexity index is 872. The molecule has 0 N–H and O–H groups in total. The molecule has 128 valence electrons. The molecular formula is C15H11BrCl3NO3S. The predicted octanol–water partition coefficient (Wildman–Crippen LogP) is 5.11. The van der Waals surface area contributed by atoms with Gasteiger partial charge < -0.3 is 0 Å². The van der Waals surface area contributed by atoms with Crippen molar-refractivity contribution in [1.82, 2.24) is 0 Å². The van der Waals surface area contributed by atoms with Crippen molar-refractivity contribution in [3.05, 3.63) is 57.0 Å². The van der Waals surface area contributed by atoms with Crippen LogP contribution in [0.3, 0.4) is 0 Å². The van der Waals surface area contributed by atoms with E-state index in [0.717, 1.165) is 8.78 Å². The molecule has 0 bridgehead atoms. The molecule has 2 rings (SSSR count). The van der Waals surface area contributed by atoms with Crippen LogP contribution in [0.5, 0.6) is 0 Å². The summed E-state index contributed by atoms with van der Waals surface area (Å²) >= 11 is 20.9. The fourth-order valence-corrected chi connectivity index (χ4v) is 4.49. The van der Waals surface area contributed by atoms with Crippen LogP contribution >= 0.6 is 50.7 Å². The molecule has 0 aliphatic heterocycles. The van der Waals surface area contributed by atoms with Gasteiger partial charge >= 0.3 is 0 Å². The zero-order valence-corrected chi connectivity index (χ0v) is 16.9. The number of hydrogen-bond acceptors (Lipinski definition) is 3. The third-order valence-electron chi connectivity index (χ3n) is 3.20. The molecule has 0 radical (unpaired) electrons. The van der Waals surface area contributed by atoms with E-state index in [0.29, 0.717) is 0 Å². The Balaban J connectivity index is 2.68. The van der Waals surface area contributed by atoms with Crippen LogP contribution < -0.4 is 4.31 Å². The number of benzene rings is 2. The molecule has 4 nitrogen and oxygen atoms in total. The number of nitrogens with zero attached hydrogens (tertiary/aromatic N) is 1. The average Bonchev–Trinajstić information content (AvgIpc) is 2.51. The normalized spacial score (nSPS) is 12.7. The Labute approximate surface area is 163 Å². The van der Waals surface area contributed by atoms with Gasteiger partial charge in [-0.1, -0.05) is 39.1 Å². The molecule has 1 atom stereocenters. The number of carbonyl (C=O) groups excluding carboxylic acids is 1. The van der Waals surface area contributed by atoms with Gasteiger partial charge in [-0.25, -0.2) is 8.42 Å². The Hall–Kier alpha value is -0.790. The molecule has 0 saturated carbocycles. The van der Waals surface area contributed by atoms with Crippen LogP contribution in [-0.2, 0) is 14.8 Å². The minimum atomic E-state index is -4.09. The predicted molar refractivity (Wildman–Crippen MR) is 101 cm³/mol. The highest BCUT2D eigenvalue weighted by Gasteiger charge is 2.34. The van der Waals surface area contributed by atoms with Crippen molar-refractivity contribution in [2.75, 3.05) is 4.31 Å². The van der Waals surface area contributed by atoms with E-state index >= 15 is 0 Å². The van der Waals surface area contributed by atoms with Crippen LogP contribution in [-0.4, -0.2) is 19.7 Å². The van der Waals surface area contributed by atoms with Gasteiger partial charge in [0, 0.05) is 9.50 Å². The third-order valence-corrected chi connectivity index (χ3v) is 6.49. The maximum Gasteiger partial charge on any atom is 0.265 e. The summed E-state index contributed by atoms with van der Waals surface area (Å²) in [4.78, 5) is 11.7. The highest BCUT2D eigenvalue weighted by atomic mass is 79.9. The van der Waals surface area contributed by atoms with Gasteiger partial charge in [-0.3, -0.25) is 9.10 Å². The maximum atomic E-state index is 13.1. The van der Waals surface area contributed by atoms with Crippen LogP contribution in [0.25, 0.3) is 0 Å². The lowest BCUT2D eigenvalue weighted by molar-refractivity contribution is -0.112. The van der Waals surface area contributed by atoms with Gasteiger partial charge in [-0.2, -0.15) is 0 Å². The molecule has 0 aromatic heterocycles. The summed E-state index contributed by atoms with van der Waals surface area (Å²) in [5.74, 6) is 0. The zero-order valence-electron chi connectivity index (χ0n) is 12.2. The summed E-state index contributed by atoms with van der Waals surface area (Å²) in [5, 5.41) is -0.434. The second-order valence-corrected chi connectivity index (χ2v) is 8.78. The van der Waals surface area contributed by atoms with Crippen LogP contribution in [0.15, 0.2) is 51.8 Å². The second kappa shape index (κ2) is 7.62. The first-order valence-corrected chi connectivity index (χ1v) is 9.95. The highest BCUT2D eigenvalue weighted by Crippen LogP contribution is 2.35. The van der Waals surface area contributed by atoms with Gasteiger partial charge in [-0.05, 0) is 61.0 Å². The Kier molecular flexibility index (Phi) is 6.20. The molecule has 0 saturated heterocycles. The first-order chi connectivity index (χ1) is 11.1. The largest absolute Gasteiger partial charge is 0.279 e. The number of anilines is 1. The summed E-state index contributed by atoms with van der Waals surface area (Å²) in [6.45, 7) is 1.38. The maximum absolute atomic E-state index is 13.1. The average molecular weight is 472 g/mol. The summed E-state index contributed by atoms with van der Waals surface area (Å²) < 4.78 is 27.7. The van der Waals surface area contributed by atoms with Crippen molar-refractivity contribution in [3.8, 4) is 0 Å². The molecule has 0 spiro atoms. The molecule has 24 heavy (non-hydrogen) atoms. The molecule has 0 fully saturated rings. The third kappa shape index (κ3) is 4.06. The highest BCUT2D eigenvalue weighted by molar-refractivity contribution is 9.10. The fraction of sp³-hybridized carbons (Fsp3) is 0.133. The molecule has 0 aliphatic carbocycles. The molecule has 1 unspecified atom stereocenters. The van der Waals surface area contributed by atoms with Crippen molar-refractivity contribution in [2.45, 2.75) is 17.9 Å². The fourth-order valence-electron chi connectivity index (χ4n) is 2.01. The van der Waals surface area contributed by atoms with Gasteiger partial charge in [0.2, 0.25) is 5.24 Å². The second-order valence-electron chi connectivity index (χ2n) is 4.83. The van der Waals surface area contributed by atoms with Crippen LogP contribution in [0.2, 0.25) is 10.0 Å². The van der Waals surface area contributed by atoms with E-state index in [1.54, 1.807) is 12.1 Å². The Morgan fingerprint density at radius 3 is 2.25 bits per heavy atom. The lowest BCUT2D eigenvalue weighted by atomic mass is 10.3. The standard InChI is InChI=1S/C15H11BrCl3NO3S/c1-9(15(19)21)20(14-8-11(17)4-7-13(14)18)24(22,23)12-5-2-10(16)3-6-12/h2-9H,1H3. The van der Waals surface area contributed by atoms with Crippen molar-refractivity contribution in [1.29, 1.82) is 0 Å². The number of halogens is 4. The van der Waals surface area contributed by atoms with Gasteiger partial charge in [0.1, 0.15) is 6.04 Å². The molecule has 9 heteroatoms. The molecule has 0 heterocycles. The van der Waals surface area contributed by atoms with Gasteiger partial charge in [0.15, 0.2) is 0 Å². The summed E-state index contributed by atoms with van der Waals surface area (Å²) in [6, 6.07) is 9.16. The van der Waals surface area contributed by atoms with E-state index in [9.17, 15) is 13.2 Å². The van der Waals surface area contributed by atoms with Crippen molar-refractivity contribution >= 4 is 71.7 Å². The lowest BCUT2D eigenvalue weighted by Gasteiger charge is -2.29. The summed E-state index contributed by atoms with van der Waals surface area (Å²) in [6.07, 6.45) is 0. The van der Waals surface area contributed by atoms with Crippen molar-refractivity contribution in [2.24, 2.45) is 0 Å².